The molecule has 0 saturated carbocycles. The third-order valence-corrected chi connectivity index (χ3v) is 5.03. The van der Waals surface area contributed by atoms with E-state index in [-0.39, 0.29) is 5.91 Å². The lowest BCUT2D eigenvalue weighted by Gasteiger charge is -2.29. The maximum absolute atomic E-state index is 12.4. The van der Waals surface area contributed by atoms with E-state index in [0.29, 0.717) is 6.54 Å². The summed E-state index contributed by atoms with van der Waals surface area (Å²) in [6.07, 6.45) is 0. The number of carbonyl (C=O) groups excluding carboxylic acids is 1. The maximum atomic E-state index is 12.4. The molecule has 25 heavy (non-hydrogen) atoms. The summed E-state index contributed by atoms with van der Waals surface area (Å²) in [6, 6.07) is 16.8. The second kappa shape index (κ2) is 8.28. The third-order valence-electron chi connectivity index (χ3n) is 5.03. The van der Waals surface area contributed by atoms with Crippen molar-refractivity contribution in [3.63, 3.8) is 0 Å². The number of piperazine rings is 1. The van der Waals surface area contributed by atoms with E-state index in [0.717, 1.165) is 44.0 Å². The third kappa shape index (κ3) is 5.15. The largest absolute Gasteiger partial charge is 0.322 e. The number of nitrogens with one attached hydrogen (secondary N) is 3. The van der Waals surface area contributed by atoms with Crippen LogP contribution in [0.3, 0.4) is 0 Å². The van der Waals surface area contributed by atoms with Crippen molar-refractivity contribution in [3.8, 4) is 0 Å². The normalized spacial score (nSPS) is 20.2. The maximum Gasteiger partial charge on any atom is 0.279 e. The van der Waals surface area contributed by atoms with E-state index in [1.807, 2.05) is 19.1 Å². The van der Waals surface area contributed by atoms with E-state index in [9.17, 15) is 4.79 Å². The molecule has 3 rings (SSSR count). The Balaban J connectivity index is 1.44. The highest BCUT2D eigenvalue weighted by atomic mass is 16.2. The second-order valence-electron chi connectivity index (χ2n) is 7.21. The van der Waals surface area contributed by atoms with Crippen LogP contribution in [0.25, 0.3) is 0 Å². The van der Waals surface area contributed by atoms with Gasteiger partial charge in [0.05, 0.1) is 0 Å². The van der Waals surface area contributed by atoms with Crippen LogP contribution < -0.4 is 15.1 Å². The van der Waals surface area contributed by atoms with Crippen molar-refractivity contribution in [3.05, 3.63) is 65.2 Å². The molecule has 4 heteroatoms. The second-order valence-corrected chi connectivity index (χ2v) is 7.21. The van der Waals surface area contributed by atoms with Gasteiger partial charge < -0.3 is 15.1 Å². The summed E-state index contributed by atoms with van der Waals surface area (Å²) >= 11 is 0. The zero-order valence-electron chi connectivity index (χ0n) is 15.3. The first kappa shape index (κ1) is 17.6. The first-order valence-corrected chi connectivity index (χ1v) is 9.18. The van der Waals surface area contributed by atoms with E-state index in [4.69, 9.17) is 0 Å². The van der Waals surface area contributed by atoms with Crippen LogP contribution in [-0.4, -0.2) is 38.6 Å². The lowest BCUT2D eigenvalue weighted by atomic mass is 10.1. The van der Waals surface area contributed by atoms with Gasteiger partial charge in [0.2, 0.25) is 0 Å². The van der Waals surface area contributed by atoms with Crippen LogP contribution in [-0.2, 0) is 11.3 Å². The Morgan fingerprint density at radius 1 is 0.960 bits per heavy atom. The van der Waals surface area contributed by atoms with Crippen LogP contribution in [0.5, 0.6) is 0 Å². The van der Waals surface area contributed by atoms with Gasteiger partial charge >= 0.3 is 0 Å². The Labute approximate surface area is 150 Å². The topological polar surface area (TPSA) is 38.0 Å². The first-order chi connectivity index (χ1) is 12.1. The summed E-state index contributed by atoms with van der Waals surface area (Å²) in [4.78, 5) is 15.4. The van der Waals surface area contributed by atoms with Crippen LogP contribution in [0, 0.1) is 13.8 Å². The number of aryl methyl sites for hydroxylation is 2. The van der Waals surface area contributed by atoms with Crippen molar-refractivity contribution in [2.45, 2.75) is 20.4 Å². The average molecular weight is 339 g/mol. The van der Waals surface area contributed by atoms with Crippen LogP contribution in [0.1, 0.15) is 16.7 Å². The van der Waals surface area contributed by atoms with Gasteiger partial charge in [0.15, 0.2) is 6.54 Å². The summed E-state index contributed by atoms with van der Waals surface area (Å²) in [6.45, 7) is 10.1. The molecule has 0 aromatic heterocycles. The molecule has 0 unspecified atom stereocenters. The minimum Gasteiger partial charge on any atom is -0.322 e. The number of carbonyl (C=O) groups is 1. The van der Waals surface area contributed by atoms with Gasteiger partial charge in [0, 0.05) is 11.3 Å². The number of quaternary nitrogens is 2. The molecule has 0 aliphatic carbocycles. The van der Waals surface area contributed by atoms with Gasteiger partial charge in [-0.05, 0) is 25.5 Å². The van der Waals surface area contributed by atoms with Crippen molar-refractivity contribution < 1.29 is 14.6 Å². The molecule has 2 aromatic carbocycles. The van der Waals surface area contributed by atoms with Gasteiger partial charge in [-0.15, -0.1) is 0 Å². The number of hydrogen-bond acceptors (Lipinski definition) is 1. The highest BCUT2D eigenvalue weighted by molar-refractivity contribution is 5.92. The van der Waals surface area contributed by atoms with Crippen molar-refractivity contribution >= 4 is 11.6 Å². The molecule has 1 amide bonds. The lowest BCUT2D eigenvalue weighted by molar-refractivity contribution is -1.02. The molecule has 132 valence electrons. The minimum atomic E-state index is 0.119. The molecule has 2 aromatic rings. The Hall–Kier alpha value is -2.17. The minimum absolute atomic E-state index is 0.119. The van der Waals surface area contributed by atoms with Gasteiger partial charge in [-0.1, -0.05) is 48.0 Å². The summed E-state index contributed by atoms with van der Waals surface area (Å²) in [5.41, 5.74) is 4.68. The van der Waals surface area contributed by atoms with Gasteiger partial charge in [-0.25, -0.2) is 0 Å². The highest BCUT2D eigenvalue weighted by Gasteiger charge is 2.24. The molecule has 0 radical (unpaired) electrons. The predicted molar refractivity (Wildman–Crippen MR) is 101 cm³/mol. The lowest BCUT2D eigenvalue weighted by Crippen LogP contribution is -3.28. The van der Waals surface area contributed by atoms with Crippen molar-refractivity contribution in [1.29, 1.82) is 0 Å². The monoisotopic (exact) mass is 339 g/mol. The van der Waals surface area contributed by atoms with E-state index in [2.05, 4.69) is 48.6 Å². The van der Waals surface area contributed by atoms with Crippen molar-refractivity contribution in [2.24, 2.45) is 0 Å². The Kier molecular flexibility index (Phi) is 5.84. The van der Waals surface area contributed by atoms with E-state index >= 15 is 0 Å². The standard InChI is InChI=1S/C21H27N3O/c1-17-8-9-20(18(2)14-17)22-21(25)16-24-12-10-23(11-13-24)15-19-6-4-3-5-7-19/h3-9,14H,10-13,15-16H2,1-2H3,(H,22,25)/p+2. The SMILES string of the molecule is Cc1ccc(NC(=O)C[NH+]2CC[NH+](Cc3ccccc3)CC2)c(C)c1. The summed E-state index contributed by atoms with van der Waals surface area (Å²) in [5, 5.41) is 3.07. The molecule has 1 fully saturated rings. The smallest absolute Gasteiger partial charge is 0.279 e. The van der Waals surface area contributed by atoms with Gasteiger partial charge in [0.25, 0.3) is 5.91 Å². The van der Waals surface area contributed by atoms with E-state index in [1.165, 1.54) is 16.0 Å². The number of rotatable bonds is 5. The van der Waals surface area contributed by atoms with Gasteiger partial charge in [0.1, 0.15) is 32.7 Å². The molecule has 1 heterocycles. The number of anilines is 1. The van der Waals surface area contributed by atoms with E-state index in [1.54, 1.807) is 4.90 Å². The Bertz CT molecular complexity index is 706. The highest BCUT2D eigenvalue weighted by Crippen LogP contribution is 2.15. The zero-order chi connectivity index (χ0) is 17.6. The fourth-order valence-corrected chi connectivity index (χ4v) is 3.57. The number of benzene rings is 2. The molecule has 0 atom stereocenters. The van der Waals surface area contributed by atoms with Crippen molar-refractivity contribution in [1.82, 2.24) is 0 Å². The van der Waals surface area contributed by atoms with Crippen LogP contribution in [0.4, 0.5) is 5.69 Å². The fourth-order valence-electron chi connectivity index (χ4n) is 3.57. The number of amides is 1. The molecular formula is C21H29N3O+2. The first-order valence-electron chi connectivity index (χ1n) is 9.18. The fraction of sp³-hybridized carbons (Fsp3) is 0.381. The average Bonchev–Trinajstić information content (AvgIpc) is 2.60. The van der Waals surface area contributed by atoms with Gasteiger partial charge in [-0.2, -0.15) is 0 Å². The predicted octanol–water partition coefficient (Wildman–Crippen LogP) is 0.226. The van der Waals surface area contributed by atoms with Crippen molar-refractivity contribution in [2.75, 3.05) is 38.0 Å². The molecular weight excluding hydrogens is 310 g/mol. The molecule has 1 aliphatic rings. The molecule has 0 bridgehead atoms. The Morgan fingerprint density at radius 2 is 1.64 bits per heavy atom. The molecule has 3 N–H and O–H groups in total. The molecule has 1 saturated heterocycles. The van der Waals surface area contributed by atoms with Crippen LogP contribution >= 0.6 is 0 Å². The zero-order valence-corrected chi connectivity index (χ0v) is 15.3. The Morgan fingerprint density at radius 3 is 2.32 bits per heavy atom. The molecule has 0 spiro atoms. The summed E-state index contributed by atoms with van der Waals surface area (Å²) < 4.78 is 0. The van der Waals surface area contributed by atoms with E-state index < -0.39 is 0 Å². The summed E-state index contributed by atoms with van der Waals surface area (Å²) in [7, 11) is 0. The number of hydrogen-bond donors (Lipinski definition) is 3. The molecule has 4 nitrogen and oxygen atoms in total. The van der Waals surface area contributed by atoms with Crippen LogP contribution in [0.15, 0.2) is 48.5 Å². The van der Waals surface area contributed by atoms with Gasteiger partial charge in [-0.3, -0.25) is 4.79 Å². The quantitative estimate of drug-likeness (QED) is 0.717. The molecule has 1 aliphatic heterocycles. The van der Waals surface area contributed by atoms with Crippen LogP contribution in [0.2, 0.25) is 0 Å². The summed E-state index contributed by atoms with van der Waals surface area (Å²) in [5.74, 6) is 0.119.